The molecule has 0 N–H and O–H groups in total. The van der Waals surface area contributed by atoms with E-state index in [0.717, 1.165) is 16.3 Å². The van der Waals surface area contributed by atoms with E-state index in [-0.39, 0.29) is 30.9 Å². The Balaban J connectivity index is 2.15. The highest BCUT2D eigenvalue weighted by Gasteiger charge is 2.22. The van der Waals surface area contributed by atoms with E-state index in [1.807, 2.05) is 47.5 Å². The molecular formula is C25H36ClN3O4. The Morgan fingerprint density at radius 3 is 2.45 bits per heavy atom. The molecule has 8 heteroatoms. The average molecular weight is 478 g/mol. The maximum atomic E-state index is 13.3. The van der Waals surface area contributed by atoms with Crippen molar-refractivity contribution in [3.63, 3.8) is 0 Å². The number of halogens is 1. The van der Waals surface area contributed by atoms with Gasteiger partial charge in [0.05, 0.1) is 13.1 Å². The highest BCUT2D eigenvalue weighted by molar-refractivity contribution is 6.31. The molecule has 7 nitrogen and oxygen atoms in total. The molecule has 1 aromatic heterocycles. The molecule has 1 aromatic carbocycles. The lowest BCUT2D eigenvalue weighted by molar-refractivity contribution is -0.143. The van der Waals surface area contributed by atoms with Gasteiger partial charge in [-0.1, -0.05) is 43.6 Å². The van der Waals surface area contributed by atoms with Gasteiger partial charge in [-0.15, -0.1) is 0 Å². The van der Waals surface area contributed by atoms with Gasteiger partial charge in [0.25, 0.3) is 0 Å². The summed E-state index contributed by atoms with van der Waals surface area (Å²) in [6.45, 7) is 6.77. The third kappa shape index (κ3) is 8.84. The van der Waals surface area contributed by atoms with E-state index in [2.05, 4.69) is 18.4 Å². The summed E-state index contributed by atoms with van der Waals surface area (Å²) in [4.78, 5) is 29.2. The van der Waals surface area contributed by atoms with Crippen LogP contribution in [0.15, 0.2) is 42.6 Å². The number of nitrogens with zero attached hydrogens (tertiary/aromatic N) is 3. The molecule has 1 heterocycles. The fraction of sp³-hybridized carbons (Fsp3) is 0.520. The molecule has 0 atom stereocenters. The SMILES string of the molecule is COCCCN(CC(=O)N(Cc1cccn1Cc1ccccc1Cl)CC(C)C)C(=O)COC. The molecule has 0 spiro atoms. The highest BCUT2D eigenvalue weighted by Crippen LogP contribution is 2.18. The smallest absolute Gasteiger partial charge is 0.249 e. The van der Waals surface area contributed by atoms with Crippen LogP contribution in [0.25, 0.3) is 0 Å². The Morgan fingerprint density at radius 2 is 1.79 bits per heavy atom. The van der Waals surface area contributed by atoms with E-state index >= 15 is 0 Å². The van der Waals surface area contributed by atoms with E-state index in [4.69, 9.17) is 21.1 Å². The van der Waals surface area contributed by atoms with Crippen molar-refractivity contribution in [2.75, 3.05) is 47.1 Å². The second-order valence-electron chi connectivity index (χ2n) is 8.48. The standard InChI is InChI=1S/C25H36ClN3O4/c1-20(2)15-29(24(30)18-28(13-8-14-32-3)25(31)19-33-4)17-22-10-7-12-27(22)16-21-9-5-6-11-23(21)26/h5-7,9-12,20H,8,13-19H2,1-4H3. The molecular weight excluding hydrogens is 442 g/mol. The summed E-state index contributed by atoms with van der Waals surface area (Å²) < 4.78 is 12.2. The molecule has 0 unspecified atom stereocenters. The molecule has 182 valence electrons. The lowest BCUT2D eigenvalue weighted by Gasteiger charge is -2.29. The molecule has 0 saturated heterocycles. The maximum Gasteiger partial charge on any atom is 0.249 e. The van der Waals surface area contributed by atoms with Crippen LogP contribution in [-0.4, -0.2) is 73.2 Å². The van der Waals surface area contributed by atoms with E-state index in [1.54, 1.807) is 12.0 Å². The normalized spacial score (nSPS) is 11.1. The first-order chi connectivity index (χ1) is 15.8. The third-order valence-electron chi connectivity index (χ3n) is 5.24. The Labute approximate surface area is 202 Å². The fourth-order valence-corrected chi connectivity index (χ4v) is 3.81. The summed E-state index contributed by atoms with van der Waals surface area (Å²) in [6, 6.07) is 11.8. The number of methoxy groups -OCH3 is 2. The Bertz CT molecular complexity index is 884. The lowest BCUT2D eigenvalue weighted by atomic mass is 10.2. The van der Waals surface area contributed by atoms with Crippen LogP contribution in [0.5, 0.6) is 0 Å². The van der Waals surface area contributed by atoms with Gasteiger partial charge in [0.1, 0.15) is 6.61 Å². The van der Waals surface area contributed by atoms with Gasteiger partial charge >= 0.3 is 0 Å². The molecule has 33 heavy (non-hydrogen) atoms. The Hall–Kier alpha value is -2.35. The van der Waals surface area contributed by atoms with Gasteiger partial charge in [0.2, 0.25) is 11.8 Å². The second kappa shape index (κ2) is 14.0. The van der Waals surface area contributed by atoms with Crippen LogP contribution in [0.3, 0.4) is 0 Å². The number of hydrogen-bond acceptors (Lipinski definition) is 4. The Kier molecular flexibility index (Phi) is 11.4. The van der Waals surface area contributed by atoms with Crippen molar-refractivity contribution in [1.29, 1.82) is 0 Å². The number of hydrogen-bond donors (Lipinski definition) is 0. The number of amides is 2. The molecule has 0 fully saturated rings. The van der Waals surface area contributed by atoms with Crippen molar-refractivity contribution in [3.05, 3.63) is 58.9 Å². The molecule has 2 rings (SSSR count). The van der Waals surface area contributed by atoms with Crippen LogP contribution in [0.1, 0.15) is 31.5 Å². The molecule has 0 radical (unpaired) electrons. The van der Waals surface area contributed by atoms with Gasteiger partial charge < -0.3 is 23.8 Å². The molecule has 0 aliphatic heterocycles. The van der Waals surface area contributed by atoms with Gasteiger partial charge in [-0.3, -0.25) is 9.59 Å². The summed E-state index contributed by atoms with van der Waals surface area (Å²) in [7, 11) is 3.10. The minimum atomic E-state index is -0.200. The molecule has 0 saturated carbocycles. The number of rotatable bonds is 14. The van der Waals surface area contributed by atoms with Crippen LogP contribution in [0, 0.1) is 5.92 Å². The average Bonchev–Trinajstić information content (AvgIpc) is 3.20. The predicted octanol–water partition coefficient (Wildman–Crippen LogP) is 3.69. The van der Waals surface area contributed by atoms with E-state index in [0.29, 0.717) is 39.2 Å². The van der Waals surface area contributed by atoms with E-state index in [9.17, 15) is 9.59 Å². The summed E-state index contributed by atoms with van der Waals surface area (Å²) in [6.07, 6.45) is 2.65. The van der Waals surface area contributed by atoms with Crippen LogP contribution in [0.2, 0.25) is 5.02 Å². The number of carbonyl (C=O) groups is 2. The van der Waals surface area contributed by atoms with Crippen LogP contribution < -0.4 is 0 Å². The van der Waals surface area contributed by atoms with Crippen molar-refractivity contribution >= 4 is 23.4 Å². The first kappa shape index (κ1) is 26.9. The number of carbonyl (C=O) groups excluding carboxylic acids is 2. The highest BCUT2D eigenvalue weighted by atomic mass is 35.5. The van der Waals surface area contributed by atoms with Gasteiger partial charge in [-0.05, 0) is 36.1 Å². The quantitative estimate of drug-likeness (QED) is 0.389. The predicted molar refractivity (Wildman–Crippen MR) is 130 cm³/mol. The van der Waals surface area contributed by atoms with Crippen molar-refractivity contribution in [2.24, 2.45) is 5.92 Å². The van der Waals surface area contributed by atoms with Crippen LogP contribution >= 0.6 is 11.6 Å². The topological polar surface area (TPSA) is 64.0 Å². The summed E-state index contributed by atoms with van der Waals surface area (Å²) in [5.41, 5.74) is 2.03. The molecule has 0 bridgehead atoms. The number of aromatic nitrogens is 1. The third-order valence-corrected chi connectivity index (χ3v) is 5.61. The summed E-state index contributed by atoms with van der Waals surface area (Å²) in [5.74, 6) is 0.00200. The van der Waals surface area contributed by atoms with E-state index < -0.39 is 0 Å². The van der Waals surface area contributed by atoms with Gasteiger partial charge in [-0.2, -0.15) is 0 Å². The van der Waals surface area contributed by atoms with Crippen molar-refractivity contribution in [2.45, 2.75) is 33.4 Å². The van der Waals surface area contributed by atoms with E-state index in [1.165, 1.54) is 7.11 Å². The second-order valence-corrected chi connectivity index (χ2v) is 8.89. The number of benzene rings is 1. The van der Waals surface area contributed by atoms with Gasteiger partial charge in [0.15, 0.2) is 0 Å². The van der Waals surface area contributed by atoms with Gasteiger partial charge in [-0.25, -0.2) is 0 Å². The summed E-state index contributed by atoms with van der Waals surface area (Å²) >= 11 is 6.35. The number of ether oxygens (including phenoxy) is 2. The van der Waals surface area contributed by atoms with Crippen molar-refractivity contribution in [3.8, 4) is 0 Å². The molecule has 0 aliphatic carbocycles. The molecule has 0 aliphatic rings. The fourth-order valence-electron chi connectivity index (χ4n) is 3.62. The minimum absolute atomic E-state index is 0.0177. The zero-order chi connectivity index (χ0) is 24.2. The Morgan fingerprint density at radius 1 is 1.03 bits per heavy atom. The van der Waals surface area contributed by atoms with Crippen LogP contribution in [-0.2, 0) is 32.2 Å². The van der Waals surface area contributed by atoms with Crippen molar-refractivity contribution in [1.82, 2.24) is 14.4 Å². The lowest BCUT2D eigenvalue weighted by Crippen LogP contribution is -2.45. The zero-order valence-electron chi connectivity index (χ0n) is 20.1. The first-order valence-corrected chi connectivity index (χ1v) is 11.6. The zero-order valence-corrected chi connectivity index (χ0v) is 20.9. The largest absolute Gasteiger partial charge is 0.385 e. The maximum absolute atomic E-state index is 13.3. The monoisotopic (exact) mass is 477 g/mol. The van der Waals surface area contributed by atoms with Crippen LogP contribution in [0.4, 0.5) is 0 Å². The minimum Gasteiger partial charge on any atom is -0.385 e. The molecule has 2 amide bonds. The van der Waals surface area contributed by atoms with Gasteiger partial charge in [0, 0.05) is 57.4 Å². The molecule has 2 aromatic rings. The summed E-state index contributed by atoms with van der Waals surface area (Å²) in [5, 5.41) is 0.718. The van der Waals surface area contributed by atoms with Crippen molar-refractivity contribution < 1.29 is 19.1 Å². The first-order valence-electron chi connectivity index (χ1n) is 11.3.